The van der Waals surface area contributed by atoms with Crippen LogP contribution in [-0.4, -0.2) is 35.4 Å². The summed E-state index contributed by atoms with van der Waals surface area (Å²) in [6, 6.07) is 6.48. The number of carbonyl (C=O) groups is 1. The van der Waals surface area contributed by atoms with Crippen molar-refractivity contribution in [2.45, 2.75) is 25.3 Å². The maximum atomic E-state index is 12.6. The molecule has 0 radical (unpaired) electrons. The van der Waals surface area contributed by atoms with E-state index in [2.05, 4.69) is 5.32 Å². The first-order valence-electron chi connectivity index (χ1n) is 6.72. The highest BCUT2D eigenvalue weighted by molar-refractivity contribution is 5.99. The number of nitro groups is 1. The van der Waals surface area contributed by atoms with Crippen LogP contribution < -0.4 is 5.32 Å². The van der Waals surface area contributed by atoms with Gasteiger partial charge in [-0.15, -0.1) is 0 Å². The predicted molar refractivity (Wildman–Crippen MR) is 76.9 cm³/mol. The van der Waals surface area contributed by atoms with Gasteiger partial charge < -0.3 is 10.2 Å². The number of nitrogens with one attached hydrogen (secondary N) is 1. The molecule has 1 fully saturated rings. The lowest BCUT2D eigenvalue weighted by molar-refractivity contribution is -0.385. The van der Waals surface area contributed by atoms with Crippen molar-refractivity contribution >= 4 is 17.3 Å². The van der Waals surface area contributed by atoms with E-state index in [0.29, 0.717) is 12.2 Å². The number of carbonyl (C=O) groups excluding carboxylic acids is 1. The minimum atomic E-state index is -0.554. The Kier molecular flexibility index (Phi) is 4.38. The summed E-state index contributed by atoms with van der Waals surface area (Å²) >= 11 is 0. The van der Waals surface area contributed by atoms with Crippen molar-refractivity contribution in [2.24, 2.45) is 0 Å². The van der Waals surface area contributed by atoms with E-state index < -0.39 is 4.92 Å². The molecule has 7 heteroatoms. The van der Waals surface area contributed by atoms with Gasteiger partial charge in [-0.05, 0) is 25.0 Å². The van der Waals surface area contributed by atoms with Crippen LogP contribution in [0.25, 0.3) is 0 Å². The molecule has 1 aromatic rings. The minimum absolute atomic E-state index is 0.0664. The number of hydrogen-bond acceptors (Lipinski definition) is 5. The van der Waals surface area contributed by atoms with Crippen LogP contribution in [0.4, 0.5) is 11.4 Å². The molecule has 0 bridgehead atoms. The summed E-state index contributed by atoms with van der Waals surface area (Å²) in [7, 11) is 1.68. The van der Waals surface area contributed by atoms with E-state index >= 15 is 0 Å². The van der Waals surface area contributed by atoms with Crippen LogP contribution in [0.15, 0.2) is 18.2 Å². The number of amides is 1. The van der Waals surface area contributed by atoms with Gasteiger partial charge in [0.05, 0.1) is 17.4 Å². The van der Waals surface area contributed by atoms with Gasteiger partial charge in [-0.2, -0.15) is 5.26 Å². The molecule has 2 rings (SSSR count). The van der Waals surface area contributed by atoms with Gasteiger partial charge in [-0.3, -0.25) is 14.9 Å². The van der Waals surface area contributed by atoms with E-state index in [1.165, 1.54) is 12.1 Å². The second-order valence-corrected chi connectivity index (χ2v) is 4.88. The van der Waals surface area contributed by atoms with Gasteiger partial charge in [0.25, 0.3) is 11.6 Å². The molecule has 1 aliphatic rings. The lowest BCUT2D eigenvalue weighted by atomic mass is 10.1. The Balaban J connectivity index is 2.35. The van der Waals surface area contributed by atoms with Crippen molar-refractivity contribution in [1.82, 2.24) is 4.90 Å². The summed E-state index contributed by atoms with van der Waals surface area (Å²) in [5.41, 5.74) is 0.498. The topological polar surface area (TPSA) is 99.3 Å². The van der Waals surface area contributed by atoms with E-state index in [1.807, 2.05) is 6.07 Å². The van der Waals surface area contributed by atoms with Gasteiger partial charge in [-0.25, -0.2) is 0 Å². The first kappa shape index (κ1) is 14.8. The molecule has 1 aromatic carbocycles. The first-order chi connectivity index (χ1) is 10.1. The van der Waals surface area contributed by atoms with Crippen LogP contribution in [0.3, 0.4) is 0 Å². The van der Waals surface area contributed by atoms with E-state index in [1.54, 1.807) is 18.0 Å². The zero-order valence-corrected chi connectivity index (χ0v) is 11.7. The fourth-order valence-corrected chi connectivity index (χ4v) is 2.18. The van der Waals surface area contributed by atoms with Crippen LogP contribution in [0.1, 0.15) is 29.6 Å². The van der Waals surface area contributed by atoms with Gasteiger partial charge in [0.2, 0.25) is 0 Å². The summed E-state index contributed by atoms with van der Waals surface area (Å²) in [5.74, 6) is -0.378. The second kappa shape index (κ2) is 6.22. The Hall–Kier alpha value is -2.62. The highest BCUT2D eigenvalue weighted by Gasteiger charge is 2.35. The Labute approximate surface area is 122 Å². The van der Waals surface area contributed by atoms with Gasteiger partial charge in [0.15, 0.2) is 0 Å². The zero-order chi connectivity index (χ0) is 15.4. The average molecular weight is 288 g/mol. The first-order valence-corrected chi connectivity index (χ1v) is 6.72. The van der Waals surface area contributed by atoms with Crippen molar-refractivity contribution in [1.29, 1.82) is 5.26 Å². The quantitative estimate of drug-likeness (QED) is 0.638. The van der Waals surface area contributed by atoms with Crippen LogP contribution in [0.5, 0.6) is 0 Å². The van der Waals surface area contributed by atoms with Gasteiger partial charge in [0.1, 0.15) is 5.56 Å². The largest absolute Gasteiger partial charge is 0.388 e. The Bertz CT molecular complexity index is 605. The number of benzene rings is 1. The zero-order valence-electron chi connectivity index (χ0n) is 11.7. The van der Waals surface area contributed by atoms with Crippen molar-refractivity contribution in [3.05, 3.63) is 33.9 Å². The monoisotopic (exact) mass is 288 g/mol. The molecule has 1 aliphatic carbocycles. The number of nitriles is 1. The SMILES string of the molecule is CNc1ccc([N+](=O)[O-])c(C(=O)N(CCC#N)C2CC2)c1. The lowest BCUT2D eigenvalue weighted by Crippen LogP contribution is -2.34. The number of nitro benzene ring substituents is 1. The standard InChI is InChI=1S/C14H16N4O3/c1-16-10-3-6-13(18(20)21)12(9-10)14(19)17(8-2-7-15)11-4-5-11/h3,6,9,11,16H,2,4-5,8H2,1H3. The third kappa shape index (κ3) is 3.28. The summed E-state index contributed by atoms with van der Waals surface area (Å²) in [4.78, 5) is 24.7. The molecule has 7 nitrogen and oxygen atoms in total. The summed E-state index contributed by atoms with van der Waals surface area (Å²) in [5, 5.41) is 22.7. The third-order valence-electron chi connectivity index (χ3n) is 3.43. The number of nitrogens with zero attached hydrogens (tertiary/aromatic N) is 3. The molecule has 1 saturated carbocycles. The van der Waals surface area contributed by atoms with E-state index in [9.17, 15) is 14.9 Å². The Morgan fingerprint density at radius 2 is 2.29 bits per heavy atom. The van der Waals surface area contributed by atoms with Gasteiger partial charge >= 0.3 is 0 Å². The molecular weight excluding hydrogens is 272 g/mol. The Morgan fingerprint density at radius 1 is 1.57 bits per heavy atom. The maximum absolute atomic E-state index is 12.6. The van der Waals surface area contributed by atoms with E-state index in [4.69, 9.17) is 5.26 Å². The van der Waals surface area contributed by atoms with Crippen molar-refractivity contribution in [3.8, 4) is 6.07 Å². The highest BCUT2D eigenvalue weighted by Crippen LogP contribution is 2.31. The van der Waals surface area contributed by atoms with Crippen LogP contribution in [0.2, 0.25) is 0 Å². The highest BCUT2D eigenvalue weighted by atomic mass is 16.6. The van der Waals surface area contributed by atoms with E-state index in [0.717, 1.165) is 12.8 Å². The average Bonchev–Trinajstić information content (AvgIpc) is 3.31. The van der Waals surface area contributed by atoms with Crippen molar-refractivity contribution in [2.75, 3.05) is 18.9 Å². The molecule has 0 saturated heterocycles. The molecule has 21 heavy (non-hydrogen) atoms. The van der Waals surface area contributed by atoms with Crippen molar-refractivity contribution in [3.63, 3.8) is 0 Å². The van der Waals surface area contributed by atoms with E-state index in [-0.39, 0.29) is 29.6 Å². The molecule has 0 aliphatic heterocycles. The fourth-order valence-electron chi connectivity index (χ4n) is 2.18. The molecule has 1 amide bonds. The number of anilines is 1. The molecule has 0 unspecified atom stereocenters. The second-order valence-electron chi connectivity index (χ2n) is 4.88. The van der Waals surface area contributed by atoms with Crippen LogP contribution in [0, 0.1) is 21.4 Å². The number of hydrogen-bond donors (Lipinski definition) is 1. The fraction of sp³-hybridized carbons (Fsp3) is 0.429. The molecule has 0 aromatic heterocycles. The van der Waals surface area contributed by atoms with Crippen molar-refractivity contribution < 1.29 is 9.72 Å². The molecular formula is C14H16N4O3. The Morgan fingerprint density at radius 3 is 2.81 bits per heavy atom. The number of rotatable bonds is 6. The summed E-state index contributed by atoms with van der Waals surface area (Å²) in [6.45, 7) is 0.306. The van der Waals surface area contributed by atoms with Gasteiger partial charge in [-0.1, -0.05) is 0 Å². The van der Waals surface area contributed by atoms with Gasteiger partial charge in [0, 0.05) is 31.4 Å². The maximum Gasteiger partial charge on any atom is 0.282 e. The smallest absolute Gasteiger partial charge is 0.282 e. The normalized spacial score (nSPS) is 13.3. The molecule has 110 valence electrons. The third-order valence-corrected chi connectivity index (χ3v) is 3.43. The predicted octanol–water partition coefficient (Wildman–Crippen LogP) is 2.15. The van der Waals surface area contributed by atoms with Crippen LogP contribution >= 0.6 is 0 Å². The molecule has 0 spiro atoms. The van der Waals surface area contributed by atoms with Crippen LogP contribution in [-0.2, 0) is 0 Å². The minimum Gasteiger partial charge on any atom is -0.388 e. The molecule has 0 atom stereocenters. The summed E-state index contributed by atoms with van der Waals surface area (Å²) in [6.07, 6.45) is 2.00. The molecule has 1 N–H and O–H groups in total. The summed E-state index contributed by atoms with van der Waals surface area (Å²) < 4.78 is 0. The molecule has 0 heterocycles. The lowest BCUT2D eigenvalue weighted by Gasteiger charge is -2.21.